The predicted octanol–water partition coefficient (Wildman–Crippen LogP) is 15.1. The van der Waals surface area contributed by atoms with Crippen molar-refractivity contribution in [3.05, 3.63) is 97.2 Å². The van der Waals surface area contributed by atoms with Crippen LogP contribution in [0, 0.1) is 0 Å². The summed E-state index contributed by atoms with van der Waals surface area (Å²) in [7, 11) is 0. The molecule has 448 valence electrons. The van der Waals surface area contributed by atoms with E-state index in [9.17, 15) is 35.1 Å². The molecule has 1 aliphatic heterocycles. The maximum Gasteiger partial charge on any atom is 0.306 e. The molecular formula is C67H115NO10. The molecule has 1 rings (SSSR count). The van der Waals surface area contributed by atoms with Crippen molar-refractivity contribution in [1.82, 2.24) is 5.32 Å². The molecule has 0 radical (unpaired) electrons. The number of hydrogen-bond acceptors (Lipinski definition) is 10. The highest BCUT2D eigenvalue weighted by Crippen LogP contribution is 2.26. The summed E-state index contributed by atoms with van der Waals surface area (Å²) in [4.78, 5) is 26.5. The number of ether oxygens (including phenoxy) is 3. The lowest BCUT2D eigenvalue weighted by molar-refractivity contribution is -0.305. The lowest BCUT2D eigenvalue weighted by Gasteiger charge is -2.41. The second-order valence-corrected chi connectivity index (χ2v) is 21.4. The van der Waals surface area contributed by atoms with Gasteiger partial charge in [-0.15, -0.1) is 0 Å². The third-order valence-corrected chi connectivity index (χ3v) is 14.2. The highest BCUT2D eigenvalue weighted by molar-refractivity contribution is 5.80. The Hall–Kier alpha value is -3.42. The first-order chi connectivity index (χ1) is 38.2. The minimum atomic E-state index is -1.64. The number of aliphatic hydroxyl groups is 5. The van der Waals surface area contributed by atoms with E-state index in [1.165, 1.54) is 103 Å². The summed E-state index contributed by atoms with van der Waals surface area (Å²) in [5.41, 5.74) is 0. The molecule has 0 bridgehead atoms. The van der Waals surface area contributed by atoms with Crippen molar-refractivity contribution in [2.75, 3.05) is 13.2 Å². The molecule has 1 amide bonds. The van der Waals surface area contributed by atoms with E-state index in [1.54, 1.807) is 6.08 Å². The van der Waals surface area contributed by atoms with Crippen LogP contribution in [0.1, 0.15) is 252 Å². The summed E-state index contributed by atoms with van der Waals surface area (Å²) < 4.78 is 17.6. The number of allylic oxidation sites excluding steroid dienone is 15. The Morgan fingerprint density at radius 3 is 1.35 bits per heavy atom. The number of unbranched alkanes of at least 4 members (excludes halogenated alkanes) is 24. The predicted molar refractivity (Wildman–Crippen MR) is 324 cm³/mol. The summed E-state index contributed by atoms with van der Waals surface area (Å²) in [5, 5.41) is 57.0. The Morgan fingerprint density at radius 1 is 0.500 bits per heavy atom. The van der Waals surface area contributed by atoms with Crippen molar-refractivity contribution in [3.63, 3.8) is 0 Å². The van der Waals surface area contributed by atoms with Crippen LogP contribution in [-0.4, -0.2) is 99.6 Å². The highest BCUT2D eigenvalue weighted by Gasteiger charge is 2.47. The van der Waals surface area contributed by atoms with Crippen molar-refractivity contribution in [2.45, 2.75) is 301 Å². The van der Waals surface area contributed by atoms with Crippen LogP contribution in [0.25, 0.3) is 0 Å². The van der Waals surface area contributed by atoms with E-state index in [0.29, 0.717) is 19.3 Å². The molecule has 0 aliphatic carbocycles. The zero-order valence-corrected chi connectivity index (χ0v) is 49.5. The molecule has 0 aromatic carbocycles. The molecule has 8 atom stereocenters. The van der Waals surface area contributed by atoms with Gasteiger partial charge in [0.1, 0.15) is 24.4 Å². The molecule has 1 saturated heterocycles. The molecule has 1 aliphatic rings. The molecule has 11 heteroatoms. The van der Waals surface area contributed by atoms with Gasteiger partial charge in [0, 0.05) is 6.42 Å². The summed E-state index contributed by atoms with van der Waals surface area (Å²) in [6, 6.07) is -1.04. The van der Waals surface area contributed by atoms with Gasteiger partial charge in [-0.1, -0.05) is 240 Å². The molecule has 8 unspecified atom stereocenters. The summed E-state index contributed by atoms with van der Waals surface area (Å²) in [5.74, 6) is -1.27. The zero-order valence-electron chi connectivity index (χ0n) is 49.5. The summed E-state index contributed by atoms with van der Waals surface area (Å²) >= 11 is 0. The van der Waals surface area contributed by atoms with Crippen LogP contribution >= 0.6 is 0 Å². The van der Waals surface area contributed by atoms with Gasteiger partial charge in [-0.3, -0.25) is 9.59 Å². The maximum atomic E-state index is 13.4. The molecule has 11 nitrogen and oxygen atoms in total. The Labute approximate surface area is 475 Å². The van der Waals surface area contributed by atoms with Crippen LogP contribution in [-0.2, 0) is 23.8 Å². The average molecular weight is 1090 g/mol. The fraction of sp³-hybridized carbons (Fsp3) is 0.731. The van der Waals surface area contributed by atoms with Crippen molar-refractivity contribution < 1.29 is 49.3 Å². The number of rotatable bonds is 52. The van der Waals surface area contributed by atoms with Crippen LogP contribution in [0.5, 0.6) is 0 Å². The molecule has 0 aromatic heterocycles. The Kier molecular flexibility index (Phi) is 50.4. The number of hydrogen-bond donors (Lipinski definition) is 6. The first kappa shape index (κ1) is 72.6. The van der Waals surface area contributed by atoms with Gasteiger partial charge in [-0.05, 0) is 103 Å². The zero-order chi connectivity index (χ0) is 56.8. The topological polar surface area (TPSA) is 175 Å². The molecule has 0 aromatic rings. The lowest BCUT2D eigenvalue weighted by atomic mass is 9.99. The number of esters is 1. The highest BCUT2D eigenvalue weighted by atomic mass is 16.7. The molecule has 1 fully saturated rings. The van der Waals surface area contributed by atoms with E-state index < -0.39 is 67.4 Å². The summed E-state index contributed by atoms with van der Waals surface area (Å²) in [6.45, 7) is 5.69. The van der Waals surface area contributed by atoms with Crippen LogP contribution in [0.3, 0.4) is 0 Å². The molecular weight excluding hydrogens is 979 g/mol. The minimum absolute atomic E-state index is 0.0426. The van der Waals surface area contributed by atoms with Crippen molar-refractivity contribution in [1.29, 1.82) is 0 Å². The number of amides is 1. The SMILES string of the molecule is CCCCC/C=C\C/C=C\C/C=C\C/C=C\CCCC(=O)OC1C(OCC(NC(=O)C(O)CCCCCCCCC/C=C\C/C=C\C/C=C\CCCCC)C(O)/C=C/CCCCCCCCCCCC)OC(CO)C(O)C1O. The maximum absolute atomic E-state index is 13.4. The van der Waals surface area contributed by atoms with E-state index >= 15 is 0 Å². The second kappa shape index (κ2) is 54.2. The van der Waals surface area contributed by atoms with Gasteiger partial charge in [-0.25, -0.2) is 0 Å². The van der Waals surface area contributed by atoms with E-state index in [1.807, 2.05) is 18.2 Å². The molecule has 6 N–H and O–H groups in total. The van der Waals surface area contributed by atoms with E-state index in [0.717, 1.165) is 96.3 Å². The number of aliphatic hydroxyl groups excluding tert-OH is 5. The second-order valence-electron chi connectivity index (χ2n) is 21.4. The van der Waals surface area contributed by atoms with Gasteiger partial charge in [-0.2, -0.15) is 0 Å². The summed E-state index contributed by atoms with van der Waals surface area (Å²) in [6.07, 6.45) is 61.6. The van der Waals surface area contributed by atoms with E-state index in [2.05, 4.69) is 99.0 Å². The third kappa shape index (κ3) is 41.6. The largest absolute Gasteiger partial charge is 0.454 e. The normalized spacial score (nSPS) is 19.6. The first-order valence-electron chi connectivity index (χ1n) is 31.5. The van der Waals surface area contributed by atoms with Crippen LogP contribution in [0.4, 0.5) is 0 Å². The molecule has 1 heterocycles. The Bertz CT molecular complexity index is 1630. The molecule has 78 heavy (non-hydrogen) atoms. The molecule has 0 saturated carbocycles. The van der Waals surface area contributed by atoms with Crippen molar-refractivity contribution in [3.8, 4) is 0 Å². The monoisotopic (exact) mass is 1090 g/mol. The van der Waals surface area contributed by atoms with Gasteiger partial charge in [0.15, 0.2) is 12.4 Å². The van der Waals surface area contributed by atoms with Gasteiger partial charge in [0.25, 0.3) is 0 Å². The minimum Gasteiger partial charge on any atom is -0.454 e. The lowest BCUT2D eigenvalue weighted by Crippen LogP contribution is -2.61. The fourth-order valence-electron chi connectivity index (χ4n) is 9.18. The number of carbonyl (C=O) groups excluding carboxylic acids is 2. The van der Waals surface area contributed by atoms with Gasteiger partial charge in [0.05, 0.1) is 25.4 Å². The van der Waals surface area contributed by atoms with Gasteiger partial charge >= 0.3 is 5.97 Å². The van der Waals surface area contributed by atoms with Crippen LogP contribution < -0.4 is 5.32 Å². The van der Waals surface area contributed by atoms with Crippen LogP contribution in [0.2, 0.25) is 0 Å². The van der Waals surface area contributed by atoms with Crippen LogP contribution in [0.15, 0.2) is 97.2 Å². The fourth-order valence-corrected chi connectivity index (χ4v) is 9.18. The number of nitrogens with one attached hydrogen (secondary N) is 1. The third-order valence-electron chi connectivity index (χ3n) is 14.2. The Morgan fingerprint density at radius 2 is 0.885 bits per heavy atom. The first-order valence-corrected chi connectivity index (χ1v) is 31.5. The van der Waals surface area contributed by atoms with Gasteiger partial charge in [0.2, 0.25) is 5.91 Å². The quantitative estimate of drug-likeness (QED) is 0.0195. The Balaban J connectivity index is 2.72. The van der Waals surface area contributed by atoms with Gasteiger partial charge < -0.3 is 45.1 Å². The van der Waals surface area contributed by atoms with E-state index in [4.69, 9.17) is 14.2 Å². The number of carbonyl (C=O) groups is 2. The van der Waals surface area contributed by atoms with Crippen molar-refractivity contribution in [2.24, 2.45) is 0 Å². The van der Waals surface area contributed by atoms with Crippen molar-refractivity contribution >= 4 is 11.9 Å². The van der Waals surface area contributed by atoms with E-state index in [-0.39, 0.29) is 19.4 Å². The standard InChI is InChI=1S/C67H115NO10/c1-4-7-10-13-16-19-22-25-27-29-30-31-33-34-36-39-42-45-48-51-54-60(71)66(75)68-58(59(70)53-50-47-44-41-38-24-21-18-15-12-9-6-3)57-76-67-65(64(74)63(73)61(56-69)77-67)78-62(72)55-52-49-46-43-40-37-35-32-28-26-23-20-17-14-11-8-5-2/h16-17,19-20,25-28,30-31,35,37,43,46,50,53,58-61,63-65,67,69-71,73-74H,4-15,18,21-24,29,32-34,36,38-42,44-45,47-49,51-52,54-57H2,1-3H3,(H,68,75)/b19-16-,20-17-,27-25-,28-26-,31-30-,37-35-,46-43-,53-50+. The average Bonchev–Trinajstić information content (AvgIpc) is 3.45. The smallest absolute Gasteiger partial charge is 0.306 e. The molecule has 0 spiro atoms.